The Kier molecular flexibility index (Phi) is 3.77. The fraction of sp³-hybridized carbons (Fsp3) is 0.0625. The molecule has 0 bridgehead atoms. The topological polar surface area (TPSA) is 81.6 Å². The highest BCUT2D eigenvalue weighted by molar-refractivity contribution is 6.30. The normalized spacial score (nSPS) is 10.4. The molecule has 0 fully saturated rings. The van der Waals surface area contributed by atoms with Crippen LogP contribution < -0.4 is 5.32 Å². The molecule has 0 aliphatic rings. The number of hydrogen-bond donors (Lipinski definition) is 2. The molecule has 3 aromatic rings. The second-order valence-electron chi connectivity index (χ2n) is 4.78. The fourth-order valence-electron chi connectivity index (χ4n) is 2.31. The minimum absolute atomic E-state index is 0.397. The van der Waals surface area contributed by atoms with Gasteiger partial charge in [0.05, 0.1) is 16.6 Å². The first kappa shape index (κ1) is 14.1. The van der Waals surface area contributed by atoms with Gasteiger partial charge in [-0.2, -0.15) is 5.26 Å². The molecule has 22 heavy (non-hydrogen) atoms. The maximum absolute atomic E-state index is 11.9. The summed E-state index contributed by atoms with van der Waals surface area (Å²) in [5.74, 6) is -0.449. The summed E-state index contributed by atoms with van der Waals surface area (Å²) in [4.78, 5) is 19.3. The third-order valence-corrected chi connectivity index (χ3v) is 3.55. The molecule has 3 rings (SSSR count). The summed E-state index contributed by atoms with van der Waals surface area (Å²) in [5, 5.41) is 11.4. The third kappa shape index (κ3) is 2.78. The Labute approximate surface area is 131 Å². The van der Waals surface area contributed by atoms with Crippen molar-refractivity contribution in [2.24, 2.45) is 0 Å². The van der Waals surface area contributed by atoms with Crippen LogP contribution in [-0.2, 0) is 6.42 Å². The quantitative estimate of drug-likeness (QED) is 0.576. The van der Waals surface area contributed by atoms with E-state index in [0.29, 0.717) is 28.0 Å². The summed E-state index contributed by atoms with van der Waals surface area (Å²) in [6.07, 6.45) is 3.86. The number of carbonyl (C=O) groups excluding carboxylic acids is 1. The highest BCUT2D eigenvalue weighted by Gasteiger charge is 2.13. The van der Waals surface area contributed by atoms with Crippen molar-refractivity contribution in [2.75, 3.05) is 0 Å². The molecule has 0 unspecified atom stereocenters. The maximum atomic E-state index is 11.9. The molecule has 5 nitrogen and oxygen atoms in total. The van der Waals surface area contributed by atoms with Crippen LogP contribution in [0, 0.1) is 11.5 Å². The summed E-state index contributed by atoms with van der Waals surface area (Å²) in [6, 6.07) is 11.0. The molecule has 0 radical (unpaired) electrons. The van der Waals surface area contributed by atoms with Crippen LogP contribution >= 0.6 is 11.6 Å². The maximum Gasteiger partial charge on any atom is 0.266 e. The fourth-order valence-corrected chi connectivity index (χ4v) is 2.43. The SMILES string of the molecule is N#CNC(=O)c1ccnc2cc(Cc3ccc(Cl)cc3)[nH]c12. The second-order valence-corrected chi connectivity index (χ2v) is 5.22. The van der Waals surface area contributed by atoms with Gasteiger partial charge >= 0.3 is 0 Å². The summed E-state index contributed by atoms with van der Waals surface area (Å²) < 4.78 is 0. The van der Waals surface area contributed by atoms with Crippen LogP contribution in [0.2, 0.25) is 5.02 Å². The molecule has 1 aromatic carbocycles. The first-order chi connectivity index (χ1) is 10.7. The van der Waals surface area contributed by atoms with E-state index in [4.69, 9.17) is 16.9 Å². The molecule has 0 saturated carbocycles. The molecule has 1 amide bonds. The van der Waals surface area contributed by atoms with E-state index in [2.05, 4.69) is 15.3 Å². The van der Waals surface area contributed by atoms with Crippen LogP contribution in [0.5, 0.6) is 0 Å². The zero-order valence-electron chi connectivity index (χ0n) is 11.4. The van der Waals surface area contributed by atoms with Gasteiger partial charge < -0.3 is 4.98 Å². The number of pyridine rings is 1. The van der Waals surface area contributed by atoms with Crippen LogP contribution in [0.3, 0.4) is 0 Å². The van der Waals surface area contributed by atoms with Crippen LogP contribution in [0.15, 0.2) is 42.6 Å². The number of H-pyrrole nitrogens is 1. The number of carbonyl (C=O) groups is 1. The van der Waals surface area contributed by atoms with Crippen LogP contribution in [0.1, 0.15) is 21.6 Å². The summed E-state index contributed by atoms with van der Waals surface area (Å²) in [5.41, 5.74) is 3.74. The Morgan fingerprint density at radius 2 is 2.09 bits per heavy atom. The van der Waals surface area contributed by atoms with Gasteiger partial charge in [0.2, 0.25) is 0 Å². The molecule has 0 aliphatic heterocycles. The van der Waals surface area contributed by atoms with Gasteiger partial charge in [-0.15, -0.1) is 0 Å². The Balaban J connectivity index is 1.96. The van der Waals surface area contributed by atoms with E-state index in [-0.39, 0.29) is 0 Å². The average Bonchev–Trinajstić information content (AvgIpc) is 2.92. The molecule has 2 N–H and O–H groups in total. The summed E-state index contributed by atoms with van der Waals surface area (Å²) >= 11 is 5.88. The Bertz CT molecular complexity index is 877. The number of aromatic nitrogens is 2. The van der Waals surface area contributed by atoms with Crippen molar-refractivity contribution < 1.29 is 4.79 Å². The molecule has 2 aromatic heterocycles. The number of nitriles is 1. The Morgan fingerprint density at radius 3 is 2.82 bits per heavy atom. The van der Waals surface area contributed by atoms with Gasteiger partial charge in [0.25, 0.3) is 5.91 Å². The van der Waals surface area contributed by atoms with Gasteiger partial charge in [-0.1, -0.05) is 23.7 Å². The van der Waals surface area contributed by atoms with Gasteiger partial charge in [-0.3, -0.25) is 15.1 Å². The predicted octanol–water partition coefficient (Wildman–Crippen LogP) is 3.02. The van der Waals surface area contributed by atoms with Gasteiger partial charge in [-0.25, -0.2) is 0 Å². The van der Waals surface area contributed by atoms with E-state index in [1.165, 1.54) is 0 Å². The van der Waals surface area contributed by atoms with E-state index < -0.39 is 5.91 Å². The lowest BCUT2D eigenvalue weighted by Gasteiger charge is -2.00. The van der Waals surface area contributed by atoms with Crippen LogP contribution in [0.25, 0.3) is 11.0 Å². The van der Waals surface area contributed by atoms with Crippen molar-refractivity contribution in [2.45, 2.75) is 6.42 Å². The van der Waals surface area contributed by atoms with Crippen molar-refractivity contribution in [3.63, 3.8) is 0 Å². The number of halogens is 1. The lowest BCUT2D eigenvalue weighted by molar-refractivity contribution is 0.0974. The standard InChI is InChI=1S/C16H11ClN4O/c17-11-3-1-10(2-4-11)7-12-8-14-15(21-12)13(5-6-19-14)16(22)20-9-18/h1-6,8,21H,7H2,(H,20,22). The molecular formula is C16H11ClN4O. The lowest BCUT2D eigenvalue weighted by Crippen LogP contribution is -2.17. The van der Waals surface area contributed by atoms with Crippen molar-refractivity contribution in [3.8, 4) is 6.19 Å². The van der Waals surface area contributed by atoms with Crippen LogP contribution in [-0.4, -0.2) is 15.9 Å². The number of amides is 1. The van der Waals surface area contributed by atoms with Crippen molar-refractivity contribution in [3.05, 3.63) is 64.4 Å². The summed E-state index contributed by atoms with van der Waals surface area (Å²) in [6.45, 7) is 0. The molecule has 108 valence electrons. The molecular weight excluding hydrogens is 300 g/mol. The van der Waals surface area contributed by atoms with Crippen molar-refractivity contribution in [1.29, 1.82) is 5.26 Å². The van der Waals surface area contributed by atoms with Crippen LogP contribution in [0.4, 0.5) is 0 Å². The predicted molar refractivity (Wildman–Crippen MR) is 83.4 cm³/mol. The Morgan fingerprint density at radius 1 is 1.32 bits per heavy atom. The zero-order chi connectivity index (χ0) is 15.5. The Hall–Kier alpha value is -2.84. The smallest absolute Gasteiger partial charge is 0.266 e. The third-order valence-electron chi connectivity index (χ3n) is 3.30. The average molecular weight is 311 g/mol. The van der Waals surface area contributed by atoms with Crippen molar-refractivity contribution in [1.82, 2.24) is 15.3 Å². The van der Waals surface area contributed by atoms with E-state index >= 15 is 0 Å². The number of aromatic amines is 1. The van der Waals surface area contributed by atoms with E-state index in [9.17, 15) is 4.79 Å². The number of hydrogen-bond acceptors (Lipinski definition) is 3. The largest absolute Gasteiger partial charge is 0.356 e. The highest BCUT2D eigenvalue weighted by Crippen LogP contribution is 2.20. The van der Waals surface area contributed by atoms with E-state index in [0.717, 1.165) is 11.3 Å². The molecule has 0 saturated heterocycles. The highest BCUT2D eigenvalue weighted by atomic mass is 35.5. The van der Waals surface area contributed by atoms with E-state index in [1.54, 1.807) is 18.5 Å². The number of nitrogens with zero attached hydrogens (tertiary/aromatic N) is 2. The monoisotopic (exact) mass is 310 g/mol. The minimum atomic E-state index is -0.449. The molecule has 0 aliphatic carbocycles. The van der Waals surface area contributed by atoms with Crippen molar-refractivity contribution >= 4 is 28.5 Å². The molecule has 0 spiro atoms. The zero-order valence-corrected chi connectivity index (χ0v) is 12.2. The number of benzene rings is 1. The number of rotatable bonds is 3. The molecule has 0 atom stereocenters. The van der Waals surface area contributed by atoms with E-state index in [1.807, 2.05) is 30.3 Å². The second kappa shape index (κ2) is 5.88. The molecule has 6 heteroatoms. The first-order valence-electron chi connectivity index (χ1n) is 6.58. The number of nitrogens with one attached hydrogen (secondary N) is 2. The number of fused-ring (bicyclic) bond motifs is 1. The lowest BCUT2D eigenvalue weighted by atomic mass is 10.1. The van der Waals surface area contributed by atoms with Gasteiger partial charge in [0.15, 0.2) is 6.19 Å². The molecule has 2 heterocycles. The first-order valence-corrected chi connectivity index (χ1v) is 6.95. The minimum Gasteiger partial charge on any atom is -0.356 e. The summed E-state index contributed by atoms with van der Waals surface area (Å²) in [7, 11) is 0. The van der Waals surface area contributed by atoms with Gasteiger partial charge in [0.1, 0.15) is 0 Å². The van der Waals surface area contributed by atoms with Gasteiger partial charge in [0, 0.05) is 23.3 Å². The van der Waals surface area contributed by atoms with Gasteiger partial charge in [-0.05, 0) is 29.8 Å².